The molecule has 0 aliphatic carbocycles. The van der Waals surface area contributed by atoms with Crippen LogP contribution in [0.5, 0.6) is 0 Å². The number of para-hydroxylation sites is 1. The molecule has 0 amide bonds. The third kappa shape index (κ3) is 7.49. The zero-order chi connectivity index (χ0) is 31.9. The van der Waals surface area contributed by atoms with Crippen LogP contribution in [-0.2, 0) is 24.9 Å². The van der Waals surface area contributed by atoms with Crippen molar-refractivity contribution in [2.45, 2.75) is 60.3 Å². The summed E-state index contributed by atoms with van der Waals surface area (Å²) in [4.78, 5) is 16.2. The van der Waals surface area contributed by atoms with Crippen LogP contribution >= 0.6 is 0 Å². The molecule has 0 fully saturated rings. The SMILES string of the molecule is CCC(CC)C(=O)/C=C(\O)C(CC)CC.Cc1ccnc(-c2[c-]ccc(-c3cccc4c3ccc3oc5ccccc5c34)c2)c1.[Ir]. The van der Waals surface area contributed by atoms with E-state index in [0.29, 0.717) is 0 Å². The summed E-state index contributed by atoms with van der Waals surface area (Å²) in [5.41, 5.74) is 7.34. The van der Waals surface area contributed by atoms with E-state index in [2.05, 4.69) is 78.6 Å². The van der Waals surface area contributed by atoms with Crippen LogP contribution in [0.2, 0.25) is 0 Å². The number of aliphatic hydroxyl groups excluding tert-OH is 1. The molecule has 5 heteroatoms. The van der Waals surface area contributed by atoms with Crippen molar-refractivity contribution in [3.63, 3.8) is 0 Å². The molecule has 0 saturated carbocycles. The maximum Gasteiger partial charge on any atom is 0.162 e. The van der Waals surface area contributed by atoms with Gasteiger partial charge in [0, 0.05) is 55.0 Å². The van der Waals surface area contributed by atoms with E-state index in [4.69, 9.17) is 4.42 Å². The summed E-state index contributed by atoms with van der Waals surface area (Å²) in [5, 5.41) is 14.5. The van der Waals surface area contributed by atoms with Gasteiger partial charge in [-0.3, -0.25) is 4.79 Å². The Hall–Kier alpha value is -4.05. The predicted molar refractivity (Wildman–Crippen MR) is 187 cm³/mol. The number of aromatic nitrogens is 1. The number of hydrogen-bond donors (Lipinski definition) is 1. The third-order valence-corrected chi connectivity index (χ3v) is 8.79. The van der Waals surface area contributed by atoms with Gasteiger partial charge in [-0.1, -0.05) is 81.8 Å². The number of carbonyl (C=O) groups is 1. The number of carbonyl (C=O) groups excluding carboxylic acids is 1. The van der Waals surface area contributed by atoms with Crippen LogP contribution in [0.1, 0.15) is 58.9 Å². The number of furan rings is 1. The predicted octanol–water partition coefficient (Wildman–Crippen LogP) is 11.4. The van der Waals surface area contributed by atoms with E-state index < -0.39 is 0 Å². The molecular formula is C41H42IrNO3-. The number of hydrogen-bond acceptors (Lipinski definition) is 4. The average Bonchev–Trinajstić information content (AvgIpc) is 3.45. The summed E-state index contributed by atoms with van der Waals surface area (Å²) >= 11 is 0. The molecule has 4 aromatic carbocycles. The minimum atomic E-state index is 0. The fraction of sp³-hybridized carbons (Fsp3) is 0.268. The minimum Gasteiger partial charge on any atom is -0.512 e. The number of rotatable bonds is 9. The van der Waals surface area contributed by atoms with Gasteiger partial charge in [0.15, 0.2) is 5.78 Å². The molecule has 46 heavy (non-hydrogen) atoms. The van der Waals surface area contributed by atoms with Crippen LogP contribution in [0.25, 0.3) is 55.1 Å². The van der Waals surface area contributed by atoms with Crippen LogP contribution in [0.15, 0.2) is 107 Å². The van der Waals surface area contributed by atoms with Crippen molar-refractivity contribution >= 4 is 38.5 Å². The summed E-state index contributed by atoms with van der Waals surface area (Å²) < 4.78 is 6.08. The smallest absolute Gasteiger partial charge is 0.162 e. The second kappa shape index (κ2) is 16.0. The monoisotopic (exact) mass is 789 g/mol. The number of aryl methyl sites for hydroxylation is 1. The van der Waals surface area contributed by atoms with Crippen molar-refractivity contribution < 1.29 is 34.4 Å². The zero-order valence-corrected chi connectivity index (χ0v) is 29.7. The maximum absolute atomic E-state index is 11.7. The fourth-order valence-corrected chi connectivity index (χ4v) is 6.08. The fourth-order valence-electron chi connectivity index (χ4n) is 6.08. The Kier molecular flexibility index (Phi) is 12.1. The molecule has 1 radical (unpaired) electrons. The van der Waals surface area contributed by atoms with Crippen molar-refractivity contribution in [2.24, 2.45) is 11.8 Å². The molecule has 2 heterocycles. The van der Waals surface area contributed by atoms with E-state index in [9.17, 15) is 9.90 Å². The molecule has 0 unspecified atom stereocenters. The molecule has 0 bridgehead atoms. The molecule has 4 nitrogen and oxygen atoms in total. The molecule has 0 spiro atoms. The molecule has 0 atom stereocenters. The van der Waals surface area contributed by atoms with Gasteiger partial charge in [0.25, 0.3) is 0 Å². The first-order valence-corrected chi connectivity index (χ1v) is 16.1. The van der Waals surface area contributed by atoms with Crippen molar-refractivity contribution in [3.8, 4) is 22.4 Å². The Morgan fingerprint density at radius 1 is 0.826 bits per heavy atom. The van der Waals surface area contributed by atoms with Gasteiger partial charge in [-0.05, 0) is 72.8 Å². The quantitative estimate of drug-likeness (QED) is 0.0900. The van der Waals surface area contributed by atoms with Gasteiger partial charge in [-0.15, -0.1) is 35.4 Å². The van der Waals surface area contributed by atoms with Crippen molar-refractivity contribution in [2.75, 3.05) is 0 Å². The van der Waals surface area contributed by atoms with E-state index in [-0.39, 0.29) is 43.5 Å². The molecule has 1 N–H and O–H groups in total. The van der Waals surface area contributed by atoms with Gasteiger partial charge < -0.3 is 14.5 Å². The number of aliphatic hydroxyl groups is 1. The van der Waals surface area contributed by atoms with Gasteiger partial charge in [0.05, 0.1) is 5.76 Å². The van der Waals surface area contributed by atoms with Crippen LogP contribution in [-0.4, -0.2) is 15.9 Å². The van der Waals surface area contributed by atoms with Crippen molar-refractivity contribution in [1.82, 2.24) is 4.98 Å². The second-order valence-corrected chi connectivity index (χ2v) is 11.6. The standard InChI is InChI=1S/C28H18NO.C13H24O2.Ir/c1-18-14-15-29-25(16-18)20-7-4-6-19(17-20)21-9-5-10-23-22(21)12-13-27-28(23)24-8-2-3-11-26(24)30-27;1-5-10(6-2)12(14)9-13(15)11(7-3)8-4;/h2-6,8-17H,1H3;9-11,14H,5-8H2,1-4H3;/q-1;;/b;12-9-;. The van der Waals surface area contributed by atoms with Gasteiger partial charge >= 0.3 is 0 Å². The van der Waals surface area contributed by atoms with E-state index >= 15 is 0 Å². The first-order chi connectivity index (χ1) is 21.9. The van der Waals surface area contributed by atoms with E-state index in [1.807, 2.05) is 58.2 Å². The van der Waals surface area contributed by atoms with Gasteiger partial charge in [0.2, 0.25) is 0 Å². The number of pyridine rings is 1. The number of allylic oxidation sites excluding steroid dienone is 2. The first-order valence-electron chi connectivity index (χ1n) is 16.1. The van der Waals surface area contributed by atoms with Crippen molar-refractivity contribution in [1.29, 1.82) is 0 Å². The molecule has 0 aliphatic rings. The maximum atomic E-state index is 11.7. The summed E-state index contributed by atoms with van der Waals surface area (Å²) in [7, 11) is 0. The molecule has 6 rings (SSSR count). The Bertz CT molecular complexity index is 1960. The third-order valence-electron chi connectivity index (χ3n) is 8.79. The summed E-state index contributed by atoms with van der Waals surface area (Å²) in [6.45, 7) is 10.2. The topological polar surface area (TPSA) is 63.3 Å². The van der Waals surface area contributed by atoms with Crippen LogP contribution in [0.4, 0.5) is 0 Å². The van der Waals surface area contributed by atoms with Crippen molar-refractivity contribution in [3.05, 3.63) is 115 Å². The van der Waals surface area contributed by atoms with Crippen LogP contribution in [0.3, 0.4) is 0 Å². The number of ketones is 1. The Labute approximate surface area is 285 Å². The Balaban J connectivity index is 0.000000259. The first kappa shape index (κ1) is 34.8. The largest absolute Gasteiger partial charge is 0.512 e. The second-order valence-electron chi connectivity index (χ2n) is 11.6. The summed E-state index contributed by atoms with van der Waals surface area (Å²) in [6.07, 6.45) is 6.76. The Morgan fingerprint density at radius 2 is 1.54 bits per heavy atom. The molecular weight excluding hydrogens is 747 g/mol. The van der Waals surface area contributed by atoms with Gasteiger partial charge in [-0.25, -0.2) is 0 Å². The summed E-state index contributed by atoms with van der Waals surface area (Å²) in [6, 6.07) is 32.7. The molecule has 239 valence electrons. The summed E-state index contributed by atoms with van der Waals surface area (Å²) in [5.74, 6) is 0.547. The molecule has 0 saturated heterocycles. The average molecular weight is 789 g/mol. The van der Waals surface area contributed by atoms with Crippen LogP contribution < -0.4 is 0 Å². The normalized spacial score (nSPS) is 11.6. The molecule has 6 aromatic rings. The minimum absolute atomic E-state index is 0. The van der Waals surface area contributed by atoms with Gasteiger partial charge in [-0.2, -0.15) is 0 Å². The van der Waals surface area contributed by atoms with Gasteiger partial charge in [0.1, 0.15) is 11.2 Å². The molecule has 0 aliphatic heterocycles. The Morgan fingerprint density at radius 3 is 2.26 bits per heavy atom. The number of benzene rings is 4. The molecule has 2 aromatic heterocycles. The van der Waals surface area contributed by atoms with Crippen LogP contribution in [0, 0.1) is 24.8 Å². The number of fused-ring (bicyclic) bond motifs is 5. The zero-order valence-electron chi connectivity index (χ0n) is 27.3. The van der Waals surface area contributed by atoms with E-state index in [1.54, 1.807) is 0 Å². The van der Waals surface area contributed by atoms with E-state index in [0.717, 1.165) is 59.1 Å². The number of nitrogens with zero attached hydrogens (tertiary/aromatic N) is 1. The van der Waals surface area contributed by atoms with E-state index in [1.165, 1.54) is 33.4 Å².